The molecule has 0 saturated heterocycles. The van der Waals surface area contributed by atoms with E-state index >= 15 is 0 Å². The molecule has 2 nitrogen and oxygen atoms in total. The topological polar surface area (TPSA) is 37.3 Å². The van der Waals surface area contributed by atoms with Gasteiger partial charge in [0.2, 0.25) is 0 Å². The number of hydrogen-bond acceptors (Lipinski definition) is 2. The van der Waals surface area contributed by atoms with Crippen LogP contribution in [0.25, 0.3) is 0 Å². The van der Waals surface area contributed by atoms with Crippen LogP contribution < -0.4 is 0 Å². The molecule has 0 radical (unpaired) electrons. The van der Waals surface area contributed by atoms with Crippen LogP contribution in [0.1, 0.15) is 44.9 Å². The Balaban J connectivity index is 1.89. The highest BCUT2D eigenvalue weighted by Gasteiger charge is 2.56. The molecule has 0 aromatic heterocycles. The molecular weight excluding hydrogens is 208 g/mol. The number of rotatable bonds is 2. The SMILES string of the molecule is O=C(O)CC12C[C@H]3C[C@@H](CC(S)(C3)C1)C2. The molecule has 0 amide bonds. The molecule has 84 valence electrons. The number of hydrogen-bond donors (Lipinski definition) is 2. The van der Waals surface area contributed by atoms with Crippen molar-refractivity contribution in [2.75, 3.05) is 0 Å². The standard InChI is InChI=1S/C12H18O2S/c13-10(14)6-11-2-8-1-9(3-11)5-12(15,4-8)7-11/h8-9,15H,1-7H2,(H,13,14)/t8-,9-,11?,12?/m1/s1. The van der Waals surface area contributed by atoms with Crippen molar-refractivity contribution in [3.05, 3.63) is 0 Å². The van der Waals surface area contributed by atoms with E-state index in [2.05, 4.69) is 0 Å². The van der Waals surface area contributed by atoms with Crippen molar-refractivity contribution in [2.45, 2.75) is 49.7 Å². The van der Waals surface area contributed by atoms with E-state index in [-0.39, 0.29) is 10.2 Å². The molecule has 4 saturated carbocycles. The predicted molar refractivity (Wildman–Crippen MR) is 61.1 cm³/mol. The van der Waals surface area contributed by atoms with Crippen molar-refractivity contribution in [1.82, 2.24) is 0 Å². The van der Waals surface area contributed by atoms with Crippen molar-refractivity contribution in [2.24, 2.45) is 17.3 Å². The van der Waals surface area contributed by atoms with Gasteiger partial charge in [0.1, 0.15) is 0 Å². The Bertz CT molecular complexity index is 299. The molecule has 4 bridgehead atoms. The second-order valence-corrected chi connectivity index (χ2v) is 7.20. The molecule has 0 aromatic rings. The van der Waals surface area contributed by atoms with E-state index in [1.807, 2.05) is 0 Å². The summed E-state index contributed by atoms with van der Waals surface area (Å²) in [7, 11) is 0. The summed E-state index contributed by atoms with van der Waals surface area (Å²) in [6.45, 7) is 0. The minimum atomic E-state index is -0.617. The lowest BCUT2D eigenvalue weighted by Crippen LogP contribution is -2.53. The summed E-state index contributed by atoms with van der Waals surface area (Å²) in [6.07, 6.45) is 7.52. The largest absolute Gasteiger partial charge is 0.481 e. The van der Waals surface area contributed by atoms with Gasteiger partial charge in [0, 0.05) is 4.75 Å². The van der Waals surface area contributed by atoms with E-state index in [1.54, 1.807) is 0 Å². The summed E-state index contributed by atoms with van der Waals surface area (Å²) >= 11 is 4.83. The van der Waals surface area contributed by atoms with Crippen LogP contribution >= 0.6 is 12.6 Å². The number of aliphatic carboxylic acids is 1. The van der Waals surface area contributed by atoms with Gasteiger partial charge in [-0.25, -0.2) is 0 Å². The van der Waals surface area contributed by atoms with Gasteiger partial charge in [-0.15, -0.1) is 0 Å². The Morgan fingerprint density at radius 3 is 2.33 bits per heavy atom. The van der Waals surface area contributed by atoms with E-state index in [0.717, 1.165) is 31.1 Å². The fraction of sp³-hybridized carbons (Fsp3) is 0.917. The van der Waals surface area contributed by atoms with Gasteiger partial charge in [-0.3, -0.25) is 4.79 Å². The third-order valence-electron chi connectivity index (χ3n) is 4.68. The first-order valence-corrected chi connectivity index (χ1v) is 6.38. The molecule has 0 unspecified atom stereocenters. The van der Waals surface area contributed by atoms with Crippen molar-refractivity contribution >= 4 is 18.6 Å². The van der Waals surface area contributed by atoms with Gasteiger partial charge in [-0.1, -0.05) is 0 Å². The highest BCUT2D eigenvalue weighted by atomic mass is 32.1. The molecule has 0 aromatic carbocycles. The van der Waals surface area contributed by atoms with Gasteiger partial charge in [-0.05, 0) is 55.8 Å². The summed E-state index contributed by atoms with van der Waals surface area (Å²) in [4.78, 5) is 11.0. The molecule has 0 heterocycles. The molecule has 4 rings (SSSR count). The van der Waals surface area contributed by atoms with E-state index in [4.69, 9.17) is 17.7 Å². The van der Waals surface area contributed by atoms with Crippen LogP contribution in [-0.2, 0) is 4.79 Å². The van der Waals surface area contributed by atoms with Gasteiger partial charge in [0.25, 0.3) is 0 Å². The third kappa shape index (κ3) is 1.59. The number of thiol groups is 1. The van der Waals surface area contributed by atoms with Gasteiger partial charge < -0.3 is 5.11 Å². The molecule has 0 aliphatic heterocycles. The van der Waals surface area contributed by atoms with Crippen LogP contribution in [0.2, 0.25) is 0 Å². The van der Waals surface area contributed by atoms with Crippen LogP contribution in [0.4, 0.5) is 0 Å². The zero-order chi connectivity index (χ0) is 10.7. The maximum atomic E-state index is 11.0. The van der Waals surface area contributed by atoms with Crippen LogP contribution in [0.5, 0.6) is 0 Å². The molecular formula is C12H18O2S. The second kappa shape index (κ2) is 2.93. The van der Waals surface area contributed by atoms with Crippen molar-refractivity contribution in [3.8, 4) is 0 Å². The van der Waals surface area contributed by atoms with E-state index in [0.29, 0.717) is 6.42 Å². The first kappa shape index (κ1) is 10.0. The zero-order valence-corrected chi connectivity index (χ0v) is 9.80. The number of carbonyl (C=O) groups is 1. The van der Waals surface area contributed by atoms with Gasteiger partial charge in [0.05, 0.1) is 6.42 Å². The van der Waals surface area contributed by atoms with Gasteiger partial charge in [-0.2, -0.15) is 12.6 Å². The fourth-order valence-electron chi connectivity index (χ4n) is 4.93. The first-order valence-electron chi connectivity index (χ1n) is 5.93. The average molecular weight is 226 g/mol. The second-order valence-electron chi connectivity index (χ2n) is 6.26. The normalized spacial score (nSPS) is 52.1. The molecule has 2 atom stereocenters. The third-order valence-corrected chi connectivity index (χ3v) is 5.20. The van der Waals surface area contributed by atoms with Gasteiger partial charge in [0.15, 0.2) is 0 Å². The van der Waals surface area contributed by atoms with E-state index in [9.17, 15) is 4.79 Å². The average Bonchev–Trinajstić information content (AvgIpc) is 1.94. The summed E-state index contributed by atoms with van der Waals surface area (Å²) in [5.74, 6) is 0.917. The van der Waals surface area contributed by atoms with Crippen LogP contribution in [0.3, 0.4) is 0 Å². The molecule has 0 spiro atoms. The summed E-state index contributed by atoms with van der Waals surface area (Å²) in [5, 5.41) is 9.03. The molecule has 1 N–H and O–H groups in total. The zero-order valence-electron chi connectivity index (χ0n) is 8.91. The van der Waals surface area contributed by atoms with Crippen molar-refractivity contribution in [1.29, 1.82) is 0 Å². The lowest BCUT2D eigenvalue weighted by molar-refractivity contribution is -0.144. The lowest BCUT2D eigenvalue weighted by Gasteiger charge is -2.60. The van der Waals surface area contributed by atoms with Crippen LogP contribution in [0, 0.1) is 17.3 Å². The maximum absolute atomic E-state index is 11.0. The first-order chi connectivity index (χ1) is 6.99. The number of carboxylic acids is 1. The Hall–Kier alpha value is -0.180. The highest BCUT2D eigenvalue weighted by Crippen LogP contribution is 2.64. The highest BCUT2D eigenvalue weighted by molar-refractivity contribution is 7.81. The minimum absolute atomic E-state index is 0.109. The molecule has 4 aliphatic carbocycles. The van der Waals surface area contributed by atoms with E-state index in [1.165, 1.54) is 19.3 Å². The Morgan fingerprint density at radius 2 is 1.87 bits per heavy atom. The maximum Gasteiger partial charge on any atom is 0.303 e. The Morgan fingerprint density at radius 1 is 1.27 bits per heavy atom. The Kier molecular flexibility index (Phi) is 1.96. The lowest BCUT2D eigenvalue weighted by atomic mass is 9.48. The molecule has 4 aliphatic rings. The van der Waals surface area contributed by atoms with Crippen LogP contribution in [0.15, 0.2) is 0 Å². The summed E-state index contributed by atoms with van der Waals surface area (Å²) < 4.78 is 0.180. The van der Waals surface area contributed by atoms with E-state index < -0.39 is 5.97 Å². The van der Waals surface area contributed by atoms with Crippen LogP contribution in [-0.4, -0.2) is 15.8 Å². The molecule has 15 heavy (non-hydrogen) atoms. The van der Waals surface area contributed by atoms with Gasteiger partial charge >= 0.3 is 5.97 Å². The Labute approximate surface area is 95.8 Å². The van der Waals surface area contributed by atoms with Crippen molar-refractivity contribution < 1.29 is 9.90 Å². The quantitative estimate of drug-likeness (QED) is 0.710. The molecule has 4 fully saturated rings. The minimum Gasteiger partial charge on any atom is -0.481 e. The summed E-state index contributed by atoms with van der Waals surface area (Å²) in [5.41, 5.74) is 0.109. The monoisotopic (exact) mass is 226 g/mol. The van der Waals surface area contributed by atoms with Crippen molar-refractivity contribution in [3.63, 3.8) is 0 Å². The smallest absolute Gasteiger partial charge is 0.303 e. The fourth-order valence-corrected chi connectivity index (χ4v) is 5.78. The number of carboxylic acid groups (broad SMARTS) is 1. The summed E-state index contributed by atoms with van der Waals surface area (Å²) in [6, 6.07) is 0. The molecule has 3 heteroatoms. The predicted octanol–water partition coefficient (Wildman–Crippen LogP) is 2.73.